The van der Waals surface area contributed by atoms with Crippen LogP contribution in [0.15, 0.2) is 61.2 Å². The van der Waals surface area contributed by atoms with E-state index >= 15 is 0 Å². The topological polar surface area (TPSA) is 50.8 Å². The van der Waals surface area contributed by atoms with E-state index in [1.165, 1.54) is 13.2 Å². The molecule has 0 atom stereocenters. The molecule has 0 aromatic heterocycles. The summed E-state index contributed by atoms with van der Waals surface area (Å²) < 4.78 is 34.3. The summed E-state index contributed by atoms with van der Waals surface area (Å²) in [5.74, 6) is 0.128. The van der Waals surface area contributed by atoms with E-state index in [1.807, 2.05) is 30.3 Å². The van der Waals surface area contributed by atoms with E-state index in [4.69, 9.17) is 4.74 Å². The highest BCUT2D eigenvalue weighted by atomic mass is 19.3. The molecule has 2 amide bonds. The number of benzene rings is 2. The van der Waals surface area contributed by atoms with Crippen molar-refractivity contribution in [2.24, 2.45) is 0 Å². The van der Waals surface area contributed by atoms with Gasteiger partial charge in [-0.2, -0.15) is 8.78 Å². The Balaban J connectivity index is 1.95. The maximum absolute atomic E-state index is 12.5. The molecule has 0 saturated heterocycles. The first-order valence-electron chi connectivity index (χ1n) is 8.82. The normalized spacial score (nSPS) is 10.4. The number of nitrogens with zero attached hydrogens (tertiary/aromatic N) is 1. The van der Waals surface area contributed by atoms with Crippen LogP contribution < -0.4 is 14.8 Å². The van der Waals surface area contributed by atoms with Crippen molar-refractivity contribution in [1.82, 2.24) is 10.2 Å². The molecule has 0 unspecified atom stereocenters. The summed E-state index contributed by atoms with van der Waals surface area (Å²) in [6.45, 7) is 1.96. The number of methoxy groups -OCH3 is 1. The molecule has 0 aliphatic heterocycles. The van der Waals surface area contributed by atoms with E-state index in [2.05, 4.69) is 16.6 Å². The van der Waals surface area contributed by atoms with Gasteiger partial charge in [-0.15, -0.1) is 6.58 Å². The third-order valence-electron chi connectivity index (χ3n) is 4.04. The number of nitrogens with one attached hydrogen (secondary N) is 1. The third-order valence-corrected chi connectivity index (χ3v) is 4.04. The van der Waals surface area contributed by atoms with E-state index in [9.17, 15) is 13.6 Å². The number of rotatable bonds is 10. The van der Waals surface area contributed by atoms with Gasteiger partial charge in [0.1, 0.15) is 0 Å². The van der Waals surface area contributed by atoms with Crippen LogP contribution in [0.2, 0.25) is 0 Å². The number of alkyl halides is 2. The van der Waals surface area contributed by atoms with Crippen LogP contribution in [0.5, 0.6) is 11.5 Å². The highest BCUT2D eigenvalue weighted by Gasteiger charge is 2.14. The second-order valence-corrected chi connectivity index (χ2v) is 5.99. The average Bonchev–Trinajstić information content (AvgIpc) is 2.70. The van der Waals surface area contributed by atoms with Gasteiger partial charge in [0.05, 0.1) is 7.11 Å². The first-order chi connectivity index (χ1) is 13.5. The second-order valence-electron chi connectivity index (χ2n) is 5.99. The fraction of sp³-hybridized carbons (Fsp3) is 0.286. The number of carbonyl (C=O) groups excluding carboxylic acids is 1. The largest absolute Gasteiger partial charge is 0.493 e. The van der Waals surface area contributed by atoms with Crippen molar-refractivity contribution in [3.8, 4) is 11.5 Å². The molecule has 0 aliphatic rings. The lowest BCUT2D eigenvalue weighted by Crippen LogP contribution is -2.40. The highest BCUT2D eigenvalue weighted by Crippen LogP contribution is 2.29. The zero-order valence-corrected chi connectivity index (χ0v) is 15.7. The number of hydrogen-bond donors (Lipinski definition) is 1. The lowest BCUT2D eigenvalue weighted by atomic mass is 10.1. The van der Waals surface area contributed by atoms with Gasteiger partial charge in [-0.05, 0) is 29.7 Å². The summed E-state index contributed by atoms with van der Waals surface area (Å²) in [5.41, 5.74) is 1.84. The first-order valence-corrected chi connectivity index (χ1v) is 8.82. The summed E-state index contributed by atoms with van der Waals surface area (Å²) in [5, 5.41) is 2.83. The van der Waals surface area contributed by atoms with E-state index in [0.29, 0.717) is 18.7 Å². The van der Waals surface area contributed by atoms with Gasteiger partial charge in [0.15, 0.2) is 11.5 Å². The van der Waals surface area contributed by atoms with Gasteiger partial charge in [-0.1, -0.05) is 42.5 Å². The Labute approximate surface area is 163 Å². The molecule has 0 aliphatic carbocycles. The fourth-order valence-electron chi connectivity index (χ4n) is 2.65. The Kier molecular flexibility index (Phi) is 8.27. The molecule has 1 N–H and O–H groups in total. The first kappa shape index (κ1) is 21.2. The predicted octanol–water partition coefficient (Wildman–Crippen LogP) is 4.24. The molecule has 2 aromatic rings. The molecule has 7 heteroatoms. The van der Waals surface area contributed by atoms with Crippen molar-refractivity contribution in [2.75, 3.05) is 20.2 Å². The maximum atomic E-state index is 12.5. The van der Waals surface area contributed by atoms with Crippen molar-refractivity contribution in [3.63, 3.8) is 0 Å². The van der Waals surface area contributed by atoms with Crippen LogP contribution in [-0.2, 0) is 13.0 Å². The number of urea groups is 1. The van der Waals surface area contributed by atoms with Gasteiger partial charge >= 0.3 is 12.6 Å². The highest BCUT2D eigenvalue weighted by molar-refractivity contribution is 5.74. The number of halogens is 2. The van der Waals surface area contributed by atoms with Gasteiger partial charge < -0.3 is 19.7 Å². The summed E-state index contributed by atoms with van der Waals surface area (Å²) in [6.07, 6.45) is 2.40. The summed E-state index contributed by atoms with van der Waals surface area (Å²) in [4.78, 5) is 14.2. The standard InChI is InChI=1S/C21H24F2N2O3/c1-3-12-25(13-11-16-7-5-4-6-8-16)21(26)24-15-17-9-10-18(28-20(22)23)19(14-17)27-2/h3-10,14,20H,1,11-13,15H2,2H3,(H,24,26). The van der Waals surface area contributed by atoms with E-state index in [0.717, 1.165) is 12.0 Å². The molecule has 0 radical (unpaired) electrons. The van der Waals surface area contributed by atoms with Crippen LogP contribution >= 0.6 is 0 Å². The summed E-state index contributed by atoms with van der Waals surface area (Å²) in [7, 11) is 1.37. The minimum Gasteiger partial charge on any atom is -0.493 e. The zero-order valence-electron chi connectivity index (χ0n) is 15.7. The monoisotopic (exact) mass is 390 g/mol. The van der Waals surface area contributed by atoms with Gasteiger partial charge in [-0.3, -0.25) is 0 Å². The fourth-order valence-corrected chi connectivity index (χ4v) is 2.65. The molecule has 0 bridgehead atoms. The van der Waals surface area contributed by atoms with Crippen LogP contribution in [0.4, 0.5) is 13.6 Å². The molecule has 0 heterocycles. The molecule has 2 rings (SSSR count). The van der Waals surface area contributed by atoms with Crippen LogP contribution in [0.25, 0.3) is 0 Å². The van der Waals surface area contributed by atoms with Crippen molar-refractivity contribution in [1.29, 1.82) is 0 Å². The Hall–Kier alpha value is -3.09. The van der Waals surface area contributed by atoms with Crippen molar-refractivity contribution in [3.05, 3.63) is 72.3 Å². The molecule has 150 valence electrons. The van der Waals surface area contributed by atoms with Crippen LogP contribution in [-0.4, -0.2) is 37.7 Å². The molecule has 0 saturated carbocycles. The number of amides is 2. The van der Waals surface area contributed by atoms with Gasteiger partial charge in [0.25, 0.3) is 0 Å². The molecule has 2 aromatic carbocycles. The quantitative estimate of drug-likeness (QED) is 0.618. The minimum atomic E-state index is -2.93. The average molecular weight is 390 g/mol. The van der Waals surface area contributed by atoms with Crippen LogP contribution in [0.1, 0.15) is 11.1 Å². The predicted molar refractivity (Wildman–Crippen MR) is 104 cm³/mol. The van der Waals surface area contributed by atoms with E-state index < -0.39 is 6.61 Å². The minimum absolute atomic E-state index is 0.0521. The molecule has 0 fully saturated rings. The van der Waals surface area contributed by atoms with Crippen LogP contribution in [0, 0.1) is 0 Å². The van der Waals surface area contributed by atoms with Crippen molar-refractivity contribution >= 4 is 6.03 Å². The Bertz CT molecular complexity index is 770. The van der Waals surface area contributed by atoms with Gasteiger partial charge in [-0.25, -0.2) is 4.79 Å². The zero-order chi connectivity index (χ0) is 20.4. The molecular weight excluding hydrogens is 366 g/mol. The number of carbonyl (C=O) groups is 1. The summed E-state index contributed by atoms with van der Waals surface area (Å²) >= 11 is 0. The second kappa shape index (κ2) is 10.9. The smallest absolute Gasteiger partial charge is 0.387 e. The number of hydrogen-bond acceptors (Lipinski definition) is 3. The molecule has 5 nitrogen and oxygen atoms in total. The Morgan fingerprint density at radius 3 is 2.57 bits per heavy atom. The lowest BCUT2D eigenvalue weighted by Gasteiger charge is -2.22. The van der Waals surface area contributed by atoms with Gasteiger partial charge in [0.2, 0.25) is 0 Å². The molecule has 0 spiro atoms. The van der Waals surface area contributed by atoms with Crippen molar-refractivity contribution in [2.45, 2.75) is 19.6 Å². The van der Waals surface area contributed by atoms with E-state index in [-0.39, 0.29) is 24.1 Å². The maximum Gasteiger partial charge on any atom is 0.387 e. The van der Waals surface area contributed by atoms with Crippen molar-refractivity contribution < 1.29 is 23.0 Å². The SMILES string of the molecule is C=CCN(CCc1ccccc1)C(=O)NCc1ccc(OC(F)F)c(OC)c1. The molecular formula is C21H24F2N2O3. The summed E-state index contributed by atoms with van der Waals surface area (Å²) in [6, 6.07) is 14.2. The third kappa shape index (κ3) is 6.57. The Morgan fingerprint density at radius 1 is 1.18 bits per heavy atom. The molecule has 28 heavy (non-hydrogen) atoms. The van der Waals surface area contributed by atoms with Crippen LogP contribution in [0.3, 0.4) is 0 Å². The number of ether oxygens (including phenoxy) is 2. The van der Waals surface area contributed by atoms with Gasteiger partial charge in [0, 0.05) is 19.6 Å². The lowest BCUT2D eigenvalue weighted by molar-refractivity contribution is -0.0512. The Morgan fingerprint density at radius 2 is 1.93 bits per heavy atom. The van der Waals surface area contributed by atoms with E-state index in [1.54, 1.807) is 23.1 Å².